The fourth-order valence-electron chi connectivity index (χ4n) is 4.66. The lowest BCUT2D eigenvalue weighted by molar-refractivity contribution is 0.138. The molecule has 1 saturated heterocycles. The second kappa shape index (κ2) is 4.50. The Hall–Kier alpha value is -1.06. The Kier molecular flexibility index (Phi) is 2.78. The third-order valence-corrected chi connectivity index (χ3v) is 5.53. The van der Waals surface area contributed by atoms with Crippen LogP contribution < -0.4 is 15.6 Å². The van der Waals surface area contributed by atoms with Gasteiger partial charge in [-0.1, -0.05) is 18.2 Å². The lowest BCUT2D eigenvalue weighted by atomic mass is 9.78. The van der Waals surface area contributed by atoms with E-state index in [1.165, 1.54) is 31.2 Å². The average Bonchev–Trinajstić information content (AvgIpc) is 3.08. The van der Waals surface area contributed by atoms with Gasteiger partial charge in [-0.3, -0.25) is 5.43 Å². The molecule has 102 valence electrons. The van der Waals surface area contributed by atoms with Gasteiger partial charge < -0.3 is 4.74 Å². The zero-order valence-corrected chi connectivity index (χ0v) is 11.4. The van der Waals surface area contributed by atoms with E-state index >= 15 is 0 Å². The van der Waals surface area contributed by atoms with Gasteiger partial charge in [-0.05, 0) is 49.5 Å². The number of hydrogen-bond acceptors (Lipinski definition) is 3. The molecule has 2 saturated carbocycles. The highest BCUT2D eigenvalue weighted by Crippen LogP contribution is 2.52. The van der Waals surface area contributed by atoms with Crippen LogP contribution in [0.4, 0.5) is 0 Å². The van der Waals surface area contributed by atoms with Crippen molar-refractivity contribution in [3.05, 3.63) is 29.8 Å². The summed E-state index contributed by atoms with van der Waals surface area (Å²) >= 11 is 0. The highest BCUT2D eigenvalue weighted by molar-refractivity contribution is 5.36. The molecule has 3 fully saturated rings. The van der Waals surface area contributed by atoms with Crippen LogP contribution in [0.5, 0.6) is 5.75 Å². The van der Waals surface area contributed by atoms with E-state index in [0.29, 0.717) is 12.1 Å². The quantitative estimate of drug-likeness (QED) is 0.855. The molecule has 5 unspecified atom stereocenters. The molecular formula is C16H22N2O. The molecule has 3 heteroatoms. The van der Waals surface area contributed by atoms with Crippen LogP contribution in [0.1, 0.15) is 37.3 Å². The molecule has 0 radical (unpaired) electrons. The number of hydrazine groups is 1. The van der Waals surface area contributed by atoms with Crippen molar-refractivity contribution in [1.29, 1.82) is 0 Å². The molecular weight excluding hydrogens is 236 g/mol. The summed E-state index contributed by atoms with van der Waals surface area (Å²) < 4.78 is 5.50. The minimum Gasteiger partial charge on any atom is -0.496 e. The molecule has 0 aromatic heterocycles. The van der Waals surface area contributed by atoms with E-state index in [1.807, 2.05) is 6.07 Å². The summed E-state index contributed by atoms with van der Waals surface area (Å²) in [7, 11) is 1.76. The van der Waals surface area contributed by atoms with Gasteiger partial charge in [0.25, 0.3) is 0 Å². The maximum Gasteiger partial charge on any atom is 0.123 e. The van der Waals surface area contributed by atoms with Crippen molar-refractivity contribution in [3.8, 4) is 5.75 Å². The molecule has 2 bridgehead atoms. The SMILES string of the molecule is COc1ccccc1C1CC2C3CCC(C3)C2NN1. The Morgan fingerprint density at radius 1 is 1.05 bits per heavy atom. The van der Waals surface area contributed by atoms with E-state index < -0.39 is 0 Å². The van der Waals surface area contributed by atoms with Crippen molar-refractivity contribution < 1.29 is 4.74 Å². The first kappa shape index (κ1) is 11.7. The maximum atomic E-state index is 5.50. The Labute approximate surface area is 114 Å². The van der Waals surface area contributed by atoms with Gasteiger partial charge in [-0.25, -0.2) is 5.43 Å². The second-order valence-electron chi connectivity index (χ2n) is 6.34. The summed E-state index contributed by atoms with van der Waals surface area (Å²) in [6.07, 6.45) is 5.58. The molecule has 3 aliphatic rings. The van der Waals surface area contributed by atoms with Gasteiger partial charge in [0.05, 0.1) is 13.2 Å². The average molecular weight is 258 g/mol. The Morgan fingerprint density at radius 2 is 1.89 bits per heavy atom. The van der Waals surface area contributed by atoms with E-state index in [1.54, 1.807) is 7.11 Å². The number of benzene rings is 1. The third-order valence-electron chi connectivity index (χ3n) is 5.53. The van der Waals surface area contributed by atoms with Crippen molar-refractivity contribution in [2.24, 2.45) is 17.8 Å². The van der Waals surface area contributed by atoms with Gasteiger partial charge in [0.1, 0.15) is 5.75 Å². The van der Waals surface area contributed by atoms with Gasteiger partial charge in [0.2, 0.25) is 0 Å². The van der Waals surface area contributed by atoms with Gasteiger partial charge in [0, 0.05) is 11.6 Å². The first-order chi connectivity index (χ1) is 9.36. The lowest BCUT2D eigenvalue weighted by Crippen LogP contribution is -2.54. The number of methoxy groups -OCH3 is 1. The Morgan fingerprint density at radius 3 is 2.79 bits per heavy atom. The summed E-state index contributed by atoms with van der Waals surface area (Å²) in [4.78, 5) is 0. The molecule has 19 heavy (non-hydrogen) atoms. The summed E-state index contributed by atoms with van der Waals surface area (Å²) in [6.45, 7) is 0. The van der Waals surface area contributed by atoms with E-state index in [0.717, 1.165) is 23.5 Å². The lowest BCUT2D eigenvalue weighted by Gasteiger charge is -2.40. The normalized spacial score (nSPS) is 40.2. The molecule has 1 aromatic carbocycles. The van der Waals surface area contributed by atoms with E-state index in [2.05, 4.69) is 29.1 Å². The summed E-state index contributed by atoms with van der Waals surface area (Å²) in [5, 5.41) is 0. The molecule has 1 heterocycles. The number of fused-ring (bicyclic) bond motifs is 5. The van der Waals surface area contributed by atoms with Gasteiger partial charge in [0.15, 0.2) is 0 Å². The summed E-state index contributed by atoms with van der Waals surface area (Å²) in [5.41, 5.74) is 8.43. The maximum absolute atomic E-state index is 5.50. The number of rotatable bonds is 2. The Bertz CT molecular complexity index is 476. The molecule has 4 rings (SSSR count). The van der Waals surface area contributed by atoms with Crippen molar-refractivity contribution in [2.45, 2.75) is 37.8 Å². The summed E-state index contributed by atoms with van der Waals surface area (Å²) in [5.74, 6) is 3.74. The van der Waals surface area contributed by atoms with Gasteiger partial charge >= 0.3 is 0 Å². The van der Waals surface area contributed by atoms with Crippen LogP contribution in [0, 0.1) is 17.8 Å². The zero-order valence-electron chi connectivity index (χ0n) is 11.4. The van der Waals surface area contributed by atoms with Crippen LogP contribution in [-0.2, 0) is 0 Å². The van der Waals surface area contributed by atoms with Crippen LogP contribution in [0.2, 0.25) is 0 Å². The second-order valence-corrected chi connectivity index (χ2v) is 6.34. The van der Waals surface area contributed by atoms with Crippen molar-refractivity contribution in [2.75, 3.05) is 7.11 Å². The molecule has 1 aliphatic heterocycles. The van der Waals surface area contributed by atoms with Crippen LogP contribution >= 0.6 is 0 Å². The van der Waals surface area contributed by atoms with Gasteiger partial charge in [-0.2, -0.15) is 0 Å². The molecule has 0 amide bonds. The highest BCUT2D eigenvalue weighted by atomic mass is 16.5. The number of para-hydroxylation sites is 1. The molecule has 3 nitrogen and oxygen atoms in total. The van der Waals surface area contributed by atoms with Gasteiger partial charge in [-0.15, -0.1) is 0 Å². The Balaban J connectivity index is 1.58. The minimum atomic E-state index is 0.386. The largest absolute Gasteiger partial charge is 0.496 e. The van der Waals surface area contributed by atoms with Crippen LogP contribution in [0.15, 0.2) is 24.3 Å². The molecule has 2 N–H and O–H groups in total. The van der Waals surface area contributed by atoms with Crippen molar-refractivity contribution in [3.63, 3.8) is 0 Å². The number of hydrogen-bond donors (Lipinski definition) is 2. The van der Waals surface area contributed by atoms with E-state index in [4.69, 9.17) is 4.74 Å². The number of ether oxygens (including phenoxy) is 1. The molecule has 2 aliphatic carbocycles. The highest BCUT2D eigenvalue weighted by Gasteiger charge is 2.50. The predicted octanol–water partition coefficient (Wildman–Crippen LogP) is 2.65. The fraction of sp³-hybridized carbons (Fsp3) is 0.625. The third kappa shape index (κ3) is 1.79. The van der Waals surface area contributed by atoms with Crippen LogP contribution in [0.25, 0.3) is 0 Å². The van der Waals surface area contributed by atoms with Crippen LogP contribution in [0.3, 0.4) is 0 Å². The smallest absolute Gasteiger partial charge is 0.123 e. The van der Waals surface area contributed by atoms with Crippen molar-refractivity contribution in [1.82, 2.24) is 10.9 Å². The zero-order chi connectivity index (χ0) is 12.8. The molecule has 5 atom stereocenters. The topological polar surface area (TPSA) is 33.3 Å². The van der Waals surface area contributed by atoms with E-state index in [-0.39, 0.29) is 0 Å². The first-order valence-corrected chi connectivity index (χ1v) is 7.51. The fourth-order valence-corrected chi connectivity index (χ4v) is 4.66. The number of nitrogens with one attached hydrogen (secondary N) is 2. The standard InChI is InChI=1S/C16H22N2O/c1-19-15-5-3-2-4-12(15)14-9-13-10-6-7-11(8-10)16(13)18-17-14/h2-5,10-11,13-14,16-18H,6-9H2,1H3. The summed E-state index contributed by atoms with van der Waals surface area (Å²) in [6, 6.07) is 9.49. The first-order valence-electron chi connectivity index (χ1n) is 7.51. The molecule has 0 spiro atoms. The predicted molar refractivity (Wildman–Crippen MR) is 74.7 cm³/mol. The van der Waals surface area contributed by atoms with Crippen LogP contribution in [-0.4, -0.2) is 13.2 Å². The minimum absolute atomic E-state index is 0.386. The monoisotopic (exact) mass is 258 g/mol. The van der Waals surface area contributed by atoms with Crippen molar-refractivity contribution >= 4 is 0 Å². The van der Waals surface area contributed by atoms with E-state index in [9.17, 15) is 0 Å². The molecule has 1 aromatic rings.